The van der Waals surface area contributed by atoms with E-state index < -0.39 is 12.5 Å². The van der Waals surface area contributed by atoms with E-state index in [1.54, 1.807) is 0 Å². The SMILES string of the molecule is Cc1ccc(C(O)CCN(CCO)CC(F)F)cc1. The molecule has 1 rings (SSSR count). The number of nitrogens with zero attached hydrogens (tertiary/aromatic N) is 1. The maximum absolute atomic E-state index is 12.3. The van der Waals surface area contributed by atoms with Crippen LogP contribution in [0.2, 0.25) is 0 Å². The average molecular weight is 273 g/mol. The highest BCUT2D eigenvalue weighted by atomic mass is 19.3. The molecule has 3 nitrogen and oxygen atoms in total. The van der Waals surface area contributed by atoms with Crippen molar-refractivity contribution >= 4 is 0 Å². The molecule has 1 unspecified atom stereocenters. The van der Waals surface area contributed by atoms with Gasteiger partial charge in [0.1, 0.15) is 0 Å². The Bertz CT molecular complexity index is 357. The number of aliphatic hydroxyl groups excluding tert-OH is 2. The van der Waals surface area contributed by atoms with Gasteiger partial charge in [-0.2, -0.15) is 0 Å². The molecule has 5 heteroatoms. The summed E-state index contributed by atoms with van der Waals surface area (Å²) < 4.78 is 24.6. The zero-order valence-corrected chi connectivity index (χ0v) is 11.1. The van der Waals surface area contributed by atoms with Crippen molar-refractivity contribution in [2.45, 2.75) is 25.9 Å². The Morgan fingerprint density at radius 1 is 1.16 bits per heavy atom. The van der Waals surface area contributed by atoms with E-state index in [4.69, 9.17) is 5.11 Å². The Morgan fingerprint density at radius 3 is 2.32 bits per heavy atom. The van der Waals surface area contributed by atoms with Crippen LogP contribution in [0, 0.1) is 6.92 Å². The molecule has 0 aromatic heterocycles. The van der Waals surface area contributed by atoms with Crippen LogP contribution in [0.3, 0.4) is 0 Å². The molecule has 0 saturated heterocycles. The van der Waals surface area contributed by atoms with Crippen LogP contribution in [-0.2, 0) is 0 Å². The van der Waals surface area contributed by atoms with Crippen LogP contribution in [0.1, 0.15) is 23.7 Å². The number of halogens is 2. The summed E-state index contributed by atoms with van der Waals surface area (Å²) in [4.78, 5) is 1.46. The second kappa shape index (κ2) is 8.19. The van der Waals surface area contributed by atoms with E-state index in [0.29, 0.717) is 13.0 Å². The fourth-order valence-corrected chi connectivity index (χ4v) is 1.89. The first kappa shape index (κ1) is 16.0. The normalized spacial score (nSPS) is 13.2. The Balaban J connectivity index is 2.46. The average Bonchev–Trinajstić information content (AvgIpc) is 2.36. The van der Waals surface area contributed by atoms with Gasteiger partial charge >= 0.3 is 0 Å². The molecular weight excluding hydrogens is 252 g/mol. The zero-order chi connectivity index (χ0) is 14.3. The highest BCUT2D eigenvalue weighted by Crippen LogP contribution is 2.17. The Morgan fingerprint density at radius 2 is 1.79 bits per heavy atom. The molecule has 0 radical (unpaired) electrons. The molecule has 0 bridgehead atoms. The monoisotopic (exact) mass is 273 g/mol. The lowest BCUT2D eigenvalue weighted by Crippen LogP contribution is -2.33. The van der Waals surface area contributed by atoms with E-state index in [-0.39, 0.29) is 19.7 Å². The minimum atomic E-state index is -2.43. The molecule has 19 heavy (non-hydrogen) atoms. The number of hydrogen-bond donors (Lipinski definition) is 2. The number of hydrogen-bond acceptors (Lipinski definition) is 3. The summed E-state index contributed by atoms with van der Waals surface area (Å²) in [6, 6.07) is 7.49. The number of aliphatic hydroxyl groups is 2. The van der Waals surface area contributed by atoms with Gasteiger partial charge in [-0.25, -0.2) is 8.78 Å². The fourth-order valence-electron chi connectivity index (χ4n) is 1.89. The van der Waals surface area contributed by atoms with E-state index in [1.807, 2.05) is 31.2 Å². The molecular formula is C14H21F2NO2. The zero-order valence-electron chi connectivity index (χ0n) is 11.1. The Hall–Kier alpha value is -1.04. The van der Waals surface area contributed by atoms with E-state index in [2.05, 4.69) is 0 Å². The van der Waals surface area contributed by atoms with Crippen LogP contribution in [0.5, 0.6) is 0 Å². The molecule has 1 aromatic rings. The van der Waals surface area contributed by atoms with Crippen LogP contribution < -0.4 is 0 Å². The van der Waals surface area contributed by atoms with Gasteiger partial charge in [-0.1, -0.05) is 29.8 Å². The summed E-state index contributed by atoms with van der Waals surface area (Å²) in [6.45, 7) is 1.96. The van der Waals surface area contributed by atoms with Gasteiger partial charge in [0.2, 0.25) is 0 Å². The smallest absolute Gasteiger partial charge is 0.251 e. The third-order valence-corrected chi connectivity index (χ3v) is 2.99. The molecule has 1 atom stereocenters. The summed E-state index contributed by atoms with van der Waals surface area (Å²) >= 11 is 0. The molecule has 0 spiro atoms. The predicted octanol–water partition coefficient (Wildman–Crippen LogP) is 1.98. The van der Waals surface area contributed by atoms with Gasteiger partial charge in [0, 0.05) is 13.1 Å². The highest BCUT2D eigenvalue weighted by Gasteiger charge is 2.14. The number of benzene rings is 1. The second-order valence-corrected chi connectivity index (χ2v) is 4.63. The van der Waals surface area contributed by atoms with Crippen LogP contribution in [-0.4, -0.2) is 47.8 Å². The lowest BCUT2D eigenvalue weighted by molar-refractivity contribution is 0.0660. The second-order valence-electron chi connectivity index (χ2n) is 4.63. The van der Waals surface area contributed by atoms with E-state index in [0.717, 1.165) is 11.1 Å². The van der Waals surface area contributed by atoms with Gasteiger partial charge in [0.15, 0.2) is 0 Å². The van der Waals surface area contributed by atoms with Crippen molar-refractivity contribution in [1.82, 2.24) is 4.90 Å². The van der Waals surface area contributed by atoms with Crippen LogP contribution >= 0.6 is 0 Å². The van der Waals surface area contributed by atoms with Gasteiger partial charge in [-0.3, -0.25) is 4.90 Å². The van der Waals surface area contributed by atoms with Gasteiger partial charge in [-0.05, 0) is 18.9 Å². The minimum absolute atomic E-state index is 0.159. The van der Waals surface area contributed by atoms with E-state index >= 15 is 0 Å². The van der Waals surface area contributed by atoms with Crippen molar-refractivity contribution < 1.29 is 19.0 Å². The van der Waals surface area contributed by atoms with Crippen LogP contribution in [0.25, 0.3) is 0 Å². The van der Waals surface area contributed by atoms with Gasteiger partial charge in [0.05, 0.1) is 19.3 Å². The minimum Gasteiger partial charge on any atom is -0.395 e. The summed E-state index contributed by atoms with van der Waals surface area (Å²) in [6.07, 6.45) is -2.72. The van der Waals surface area contributed by atoms with Crippen molar-refractivity contribution in [3.05, 3.63) is 35.4 Å². The standard InChI is InChI=1S/C14H21F2NO2/c1-11-2-4-12(5-3-11)13(19)6-7-17(8-9-18)10-14(15)16/h2-5,13-14,18-19H,6-10H2,1H3. The first-order chi connectivity index (χ1) is 9.02. The first-order valence-electron chi connectivity index (χ1n) is 6.39. The van der Waals surface area contributed by atoms with Gasteiger partial charge < -0.3 is 10.2 Å². The molecule has 0 aliphatic carbocycles. The number of rotatable bonds is 8. The third kappa shape index (κ3) is 6.09. The lowest BCUT2D eigenvalue weighted by atomic mass is 10.0. The maximum atomic E-state index is 12.3. The molecule has 0 aliphatic heterocycles. The van der Waals surface area contributed by atoms with Crippen molar-refractivity contribution in [3.8, 4) is 0 Å². The lowest BCUT2D eigenvalue weighted by Gasteiger charge is -2.22. The third-order valence-electron chi connectivity index (χ3n) is 2.99. The molecule has 108 valence electrons. The van der Waals surface area contributed by atoms with Crippen molar-refractivity contribution in [1.29, 1.82) is 0 Å². The highest BCUT2D eigenvalue weighted by molar-refractivity contribution is 5.22. The molecule has 0 amide bonds. The Kier molecular flexibility index (Phi) is 6.91. The predicted molar refractivity (Wildman–Crippen MR) is 70.3 cm³/mol. The van der Waals surface area contributed by atoms with Crippen molar-refractivity contribution in [3.63, 3.8) is 0 Å². The summed E-state index contributed by atoms with van der Waals surface area (Å²) in [5.41, 5.74) is 1.89. The molecule has 0 heterocycles. The van der Waals surface area contributed by atoms with Crippen molar-refractivity contribution in [2.24, 2.45) is 0 Å². The molecule has 1 aromatic carbocycles. The van der Waals surface area contributed by atoms with Gasteiger partial charge in [0.25, 0.3) is 6.43 Å². The van der Waals surface area contributed by atoms with Gasteiger partial charge in [-0.15, -0.1) is 0 Å². The van der Waals surface area contributed by atoms with E-state index in [9.17, 15) is 13.9 Å². The maximum Gasteiger partial charge on any atom is 0.251 e. The fraction of sp³-hybridized carbons (Fsp3) is 0.571. The van der Waals surface area contributed by atoms with Crippen LogP contribution in [0.4, 0.5) is 8.78 Å². The summed E-state index contributed by atoms with van der Waals surface area (Å²) in [5.74, 6) is 0. The topological polar surface area (TPSA) is 43.7 Å². The molecule has 0 saturated carbocycles. The quantitative estimate of drug-likeness (QED) is 0.761. The number of aryl methyl sites for hydroxylation is 1. The van der Waals surface area contributed by atoms with Crippen molar-refractivity contribution in [2.75, 3.05) is 26.2 Å². The number of alkyl halides is 2. The largest absolute Gasteiger partial charge is 0.395 e. The van der Waals surface area contributed by atoms with Crippen LogP contribution in [0.15, 0.2) is 24.3 Å². The first-order valence-corrected chi connectivity index (χ1v) is 6.39. The molecule has 0 fully saturated rings. The Labute approximate surface area is 112 Å². The molecule has 0 aliphatic rings. The van der Waals surface area contributed by atoms with E-state index in [1.165, 1.54) is 4.90 Å². The summed E-state index contributed by atoms with van der Waals surface area (Å²) in [5, 5.41) is 18.8. The molecule has 2 N–H and O–H groups in total. The summed E-state index contributed by atoms with van der Waals surface area (Å²) in [7, 11) is 0.